The van der Waals surface area contributed by atoms with Gasteiger partial charge in [-0.25, -0.2) is 0 Å². The fourth-order valence-corrected chi connectivity index (χ4v) is 1.75. The van der Waals surface area contributed by atoms with Crippen molar-refractivity contribution in [3.8, 4) is 0 Å². The molecule has 0 radical (unpaired) electrons. The summed E-state index contributed by atoms with van der Waals surface area (Å²) < 4.78 is 0. The van der Waals surface area contributed by atoms with Gasteiger partial charge in [0.1, 0.15) is 0 Å². The molecule has 3 N–H and O–H groups in total. The third-order valence-electron chi connectivity index (χ3n) is 3.32. The number of amides is 1. The van der Waals surface area contributed by atoms with E-state index in [1.54, 1.807) is 12.1 Å². The molecule has 0 aliphatic heterocycles. The summed E-state index contributed by atoms with van der Waals surface area (Å²) >= 11 is 5.79. The summed E-state index contributed by atoms with van der Waals surface area (Å²) in [6, 6.07) is 7.29. The van der Waals surface area contributed by atoms with Crippen LogP contribution in [-0.2, 0) is 11.2 Å². The molecule has 1 aromatic rings. The Kier molecular flexibility index (Phi) is 8.07. The molecule has 5 heteroatoms. The van der Waals surface area contributed by atoms with E-state index in [0.29, 0.717) is 18.0 Å². The topological polar surface area (TPSA) is 55.1 Å². The zero-order chi connectivity index (χ0) is 13.6. The van der Waals surface area contributed by atoms with Crippen LogP contribution in [-0.4, -0.2) is 18.0 Å². The van der Waals surface area contributed by atoms with E-state index in [1.165, 1.54) is 0 Å². The fraction of sp³-hybridized carbons (Fsp3) is 0.500. The van der Waals surface area contributed by atoms with E-state index in [1.807, 2.05) is 26.0 Å². The molecule has 19 heavy (non-hydrogen) atoms. The van der Waals surface area contributed by atoms with Gasteiger partial charge < -0.3 is 11.1 Å². The number of benzene rings is 1. The van der Waals surface area contributed by atoms with Crippen molar-refractivity contribution >= 4 is 29.9 Å². The van der Waals surface area contributed by atoms with Gasteiger partial charge in [-0.05, 0) is 30.5 Å². The monoisotopic (exact) mass is 304 g/mol. The molecular formula is C14H22Cl2N2O. The number of nitrogens with two attached hydrogens (primary N) is 1. The molecule has 1 rings (SSSR count). The van der Waals surface area contributed by atoms with Crippen molar-refractivity contribution < 1.29 is 4.79 Å². The van der Waals surface area contributed by atoms with Crippen molar-refractivity contribution in [3.63, 3.8) is 0 Å². The van der Waals surface area contributed by atoms with Crippen LogP contribution in [0.4, 0.5) is 0 Å². The summed E-state index contributed by atoms with van der Waals surface area (Å²) in [6.45, 7) is 4.59. The Morgan fingerprint density at radius 2 is 1.79 bits per heavy atom. The quantitative estimate of drug-likeness (QED) is 0.849. The summed E-state index contributed by atoms with van der Waals surface area (Å²) in [7, 11) is 0. The molecule has 0 heterocycles. The van der Waals surface area contributed by atoms with Crippen molar-refractivity contribution in [3.05, 3.63) is 34.9 Å². The fourth-order valence-electron chi connectivity index (χ4n) is 1.62. The van der Waals surface area contributed by atoms with Crippen molar-refractivity contribution in [2.75, 3.05) is 6.54 Å². The van der Waals surface area contributed by atoms with Crippen LogP contribution in [0.15, 0.2) is 24.3 Å². The van der Waals surface area contributed by atoms with Gasteiger partial charge >= 0.3 is 0 Å². The van der Waals surface area contributed by atoms with Gasteiger partial charge in [0.25, 0.3) is 0 Å². The Labute approximate surface area is 126 Å². The van der Waals surface area contributed by atoms with Crippen LogP contribution >= 0.6 is 24.0 Å². The van der Waals surface area contributed by atoms with Crippen LogP contribution in [0, 0.1) is 0 Å². The van der Waals surface area contributed by atoms with E-state index >= 15 is 0 Å². The zero-order valence-corrected chi connectivity index (χ0v) is 13.0. The maximum absolute atomic E-state index is 11.8. The number of halogens is 2. The normalized spacial score (nSPS) is 10.7. The van der Waals surface area contributed by atoms with Crippen molar-refractivity contribution in [1.29, 1.82) is 0 Å². The van der Waals surface area contributed by atoms with Crippen LogP contribution in [0.2, 0.25) is 5.02 Å². The lowest BCUT2D eigenvalue weighted by molar-refractivity contribution is -0.120. The predicted molar refractivity (Wildman–Crippen MR) is 82.9 cm³/mol. The number of nitrogens with one attached hydrogen (secondary N) is 1. The largest absolute Gasteiger partial charge is 0.354 e. The first-order valence-corrected chi connectivity index (χ1v) is 6.67. The first-order valence-electron chi connectivity index (χ1n) is 6.29. The smallest absolute Gasteiger partial charge is 0.224 e. The molecule has 1 amide bonds. The predicted octanol–water partition coefficient (Wildman–Crippen LogP) is 2.94. The number of hydrogen-bond donors (Lipinski definition) is 2. The maximum atomic E-state index is 11.8. The van der Waals surface area contributed by atoms with Gasteiger partial charge in [-0.2, -0.15) is 0 Å². The maximum Gasteiger partial charge on any atom is 0.224 e. The van der Waals surface area contributed by atoms with Crippen LogP contribution in [0.1, 0.15) is 32.3 Å². The lowest BCUT2D eigenvalue weighted by Crippen LogP contribution is -2.49. The first-order chi connectivity index (χ1) is 8.49. The minimum Gasteiger partial charge on any atom is -0.354 e. The molecule has 0 aliphatic rings. The SMILES string of the molecule is CCC(N)(CC)CNC(=O)Cc1ccc(Cl)cc1.Cl. The number of hydrogen-bond acceptors (Lipinski definition) is 2. The van der Waals surface area contributed by atoms with Gasteiger partial charge in [0.15, 0.2) is 0 Å². The van der Waals surface area contributed by atoms with Gasteiger partial charge in [-0.3, -0.25) is 4.79 Å². The summed E-state index contributed by atoms with van der Waals surface area (Å²) in [5.41, 5.74) is 6.78. The minimum absolute atomic E-state index is 0. The van der Waals surface area contributed by atoms with Gasteiger partial charge in [0.05, 0.1) is 6.42 Å². The Balaban J connectivity index is 0.00000324. The van der Waals surface area contributed by atoms with Gasteiger partial charge in [-0.1, -0.05) is 37.6 Å². The van der Waals surface area contributed by atoms with Gasteiger partial charge in [0, 0.05) is 17.1 Å². The molecule has 108 valence electrons. The Hall–Kier alpha value is -0.770. The Morgan fingerprint density at radius 3 is 2.26 bits per heavy atom. The number of rotatable bonds is 6. The molecule has 1 aromatic carbocycles. The number of carbonyl (C=O) groups excluding carboxylic acids is 1. The van der Waals surface area contributed by atoms with Crippen molar-refractivity contribution in [2.45, 2.75) is 38.6 Å². The number of carbonyl (C=O) groups is 1. The summed E-state index contributed by atoms with van der Waals surface area (Å²) in [6.07, 6.45) is 2.07. The Bertz CT molecular complexity index is 389. The van der Waals surface area contributed by atoms with Crippen LogP contribution in [0.25, 0.3) is 0 Å². The molecular weight excluding hydrogens is 283 g/mol. The second-order valence-electron chi connectivity index (χ2n) is 4.65. The van der Waals surface area contributed by atoms with E-state index in [4.69, 9.17) is 17.3 Å². The molecule has 0 aromatic heterocycles. The van der Waals surface area contributed by atoms with E-state index in [2.05, 4.69) is 5.32 Å². The molecule has 0 aliphatic carbocycles. The standard InChI is InChI=1S/C14H21ClN2O.ClH/c1-3-14(16,4-2)10-17-13(18)9-11-5-7-12(15)8-6-11;/h5-8H,3-4,9-10,16H2,1-2H3,(H,17,18);1H. The van der Waals surface area contributed by atoms with E-state index in [-0.39, 0.29) is 23.9 Å². The van der Waals surface area contributed by atoms with Gasteiger partial charge in [0.2, 0.25) is 5.91 Å². The van der Waals surface area contributed by atoms with E-state index < -0.39 is 0 Å². The third kappa shape index (κ3) is 6.28. The molecule has 0 atom stereocenters. The van der Waals surface area contributed by atoms with Crippen molar-refractivity contribution in [2.24, 2.45) is 5.73 Å². The second kappa shape index (κ2) is 8.41. The van der Waals surface area contributed by atoms with Crippen LogP contribution in [0.3, 0.4) is 0 Å². The Morgan fingerprint density at radius 1 is 1.26 bits per heavy atom. The zero-order valence-electron chi connectivity index (χ0n) is 11.4. The molecule has 0 fully saturated rings. The highest BCUT2D eigenvalue weighted by atomic mass is 35.5. The van der Waals surface area contributed by atoms with Gasteiger partial charge in [-0.15, -0.1) is 12.4 Å². The molecule has 0 saturated heterocycles. The summed E-state index contributed by atoms with van der Waals surface area (Å²) in [5, 5.41) is 3.57. The second-order valence-corrected chi connectivity index (χ2v) is 5.09. The lowest BCUT2D eigenvalue weighted by Gasteiger charge is -2.26. The van der Waals surface area contributed by atoms with Crippen molar-refractivity contribution in [1.82, 2.24) is 5.32 Å². The highest BCUT2D eigenvalue weighted by Gasteiger charge is 2.20. The molecule has 3 nitrogen and oxygen atoms in total. The average molecular weight is 305 g/mol. The summed E-state index contributed by atoms with van der Waals surface area (Å²) in [4.78, 5) is 11.8. The highest BCUT2D eigenvalue weighted by Crippen LogP contribution is 2.11. The van der Waals surface area contributed by atoms with E-state index in [0.717, 1.165) is 18.4 Å². The summed E-state index contributed by atoms with van der Waals surface area (Å²) in [5.74, 6) is -0.00551. The molecule has 0 bridgehead atoms. The molecule has 0 spiro atoms. The average Bonchev–Trinajstić information content (AvgIpc) is 2.39. The van der Waals surface area contributed by atoms with Crippen LogP contribution in [0.5, 0.6) is 0 Å². The highest BCUT2D eigenvalue weighted by molar-refractivity contribution is 6.30. The van der Waals surface area contributed by atoms with E-state index in [9.17, 15) is 4.79 Å². The third-order valence-corrected chi connectivity index (χ3v) is 3.58. The molecule has 0 unspecified atom stereocenters. The van der Waals surface area contributed by atoms with Crippen LogP contribution < -0.4 is 11.1 Å². The minimum atomic E-state index is -0.296. The first kappa shape index (κ1) is 18.2. The molecule has 0 saturated carbocycles. The lowest BCUT2D eigenvalue weighted by atomic mass is 9.94.